The lowest BCUT2D eigenvalue weighted by atomic mass is 10.1. The molecular formula is C22H19F2NO2. The molecule has 0 aromatic heterocycles. The number of ether oxygens (including phenoxy) is 1. The first kappa shape index (κ1) is 18.6. The smallest absolute Gasteiger partial charge is 0.246 e. The predicted molar refractivity (Wildman–Crippen MR) is 102 cm³/mol. The summed E-state index contributed by atoms with van der Waals surface area (Å²) in [6, 6.07) is 15.3. The van der Waals surface area contributed by atoms with Gasteiger partial charge in [-0.3, -0.25) is 4.79 Å². The molecule has 0 aliphatic heterocycles. The Bertz CT molecular complexity index is 994. The van der Waals surface area contributed by atoms with Gasteiger partial charge in [-0.25, -0.2) is 8.78 Å². The van der Waals surface area contributed by atoms with Crippen LogP contribution in [0.4, 0.5) is 8.78 Å². The first-order valence-corrected chi connectivity index (χ1v) is 8.42. The third-order valence-electron chi connectivity index (χ3n) is 4.30. The Hall–Kier alpha value is -3.21. The highest BCUT2D eigenvalue weighted by atomic mass is 19.1. The average molecular weight is 367 g/mol. The van der Waals surface area contributed by atoms with Gasteiger partial charge < -0.3 is 9.64 Å². The van der Waals surface area contributed by atoms with E-state index in [0.717, 1.165) is 40.3 Å². The molecule has 0 saturated heterocycles. The van der Waals surface area contributed by atoms with Crippen LogP contribution in [0.15, 0.2) is 60.7 Å². The van der Waals surface area contributed by atoms with Gasteiger partial charge in [-0.1, -0.05) is 24.3 Å². The molecular weight excluding hydrogens is 348 g/mol. The zero-order valence-corrected chi connectivity index (χ0v) is 15.1. The maximum Gasteiger partial charge on any atom is 0.246 e. The van der Waals surface area contributed by atoms with Gasteiger partial charge in [0, 0.05) is 25.2 Å². The van der Waals surface area contributed by atoms with E-state index in [1.54, 1.807) is 14.2 Å². The van der Waals surface area contributed by atoms with Crippen molar-refractivity contribution in [3.8, 4) is 5.75 Å². The second-order valence-electron chi connectivity index (χ2n) is 6.21. The number of hydrogen-bond donors (Lipinski definition) is 0. The fraction of sp³-hybridized carbons (Fsp3) is 0.136. The second-order valence-corrected chi connectivity index (χ2v) is 6.21. The first-order chi connectivity index (χ1) is 13.0. The van der Waals surface area contributed by atoms with Crippen LogP contribution in [-0.2, 0) is 11.3 Å². The predicted octanol–water partition coefficient (Wildman–Crippen LogP) is 4.80. The number of carbonyl (C=O) groups excluding carboxylic acids is 1. The first-order valence-electron chi connectivity index (χ1n) is 8.42. The number of carbonyl (C=O) groups is 1. The van der Waals surface area contributed by atoms with Crippen molar-refractivity contribution in [2.24, 2.45) is 0 Å². The molecule has 0 fully saturated rings. The fourth-order valence-electron chi connectivity index (χ4n) is 2.80. The highest BCUT2D eigenvalue weighted by Crippen LogP contribution is 2.22. The van der Waals surface area contributed by atoms with Gasteiger partial charge >= 0.3 is 0 Å². The van der Waals surface area contributed by atoms with Crippen molar-refractivity contribution >= 4 is 22.8 Å². The van der Waals surface area contributed by atoms with Crippen molar-refractivity contribution in [1.82, 2.24) is 4.90 Å². The van der Waals surface area contributed by atoms with Gasteiger partial charge in [0.25, 0.3) is 0 Å². The summed E-state index contributed by atoms with van der Waals surface area (Å²) in [6.45, 7) is 0.380. The van der Waals surface area contributed by atoms with Crippen LogP contribution in [0.25, 0.3) is 16.8 Å². The van der Waals surface area contributed by atoms with Crippen LogP contribution in [0, 0.1) is 11.6 Å². The molecule has 3 rings (SSSR count). The van der Waals surface area contributed by atoms with Crippen molar-refractivity contribution in [3.63, 3.8) is 0 Å². The molecule has 0 aliphatic rings. The van der Waals surface area contributed by atoms with Gasteiger partial charge in [0.05, 0.1) is 7.11 Å². The number of rotatable bonds is 5. The van der Waals surface area contributed by atoms with Crippen LogP contribution >= 0.6 is 0 Å². The minimum absolute atomic E-state index is 0.223. The third-order valence-corrected chi connectivity index (χ3v) is 4.30. The molecule has 0 aliphatic carbocycles. The van der Waals surface area contributed by atoms with Crippen molar-refractivity contribution in [1.29, 1.82) is 0 Å². The largest absolute Gasteiger partial charge is 0.497 e. The number of methoxy groups -OCH3 is 1. The molecule has 27 heavy (non-hydrogen) atoms. The van der Waals surface area contributed by atoms with Crippen molar-refractivity contribution in [2.75, 3.05) is 14.2 Å². The Morgan fingerprint density at radius 3 is 2.41 bits per heavy atom. The Morgan fingerprint density at radius 1 is 1.04 bits per heavy atom. The van der Waals surface area contributed by atoms with Crippen molar-refractivity contribution < 1.29 is 18.3 Å². The summed E-state index contributed by atoms with van der Waals surface area (Å²) in [5.41, 5.74) is 0.730. The molecule has 0 atom stereocenters. The van der Waals surface area contributed by atoms with Gasteiger partial charge in [-0.2, -0.15) is 0 Å². The lowest BCUT2D eigenvalue weighted by Gasteiger charge is -2.16. The number of nitrogens with zero attached hydrogens (tertiary/aromatic N) is 1. The van der Waals surface area contributed by atoms with E-state index in [1.807, 2.05) is 36.4 Å². The third kappa shape index (κ3) is 4.31. The van der Waals surface area contributed by atoms with Crippen LogP contribution in [0.3, 0.4) is 0 Å². The van der Waals surface area contributed by atoms with Gasteiger partial charge in [0.15, 0.2) is 0 Å². The molecule has 0 heterocycles. The van der Waals surface area contributed by atoms with Crippen LogP contribution in [-0.4, -0.2) is 25.0 Å². The number of amides is 1. The van der Waals surface area contributed by atoms with E-state index in [2.05, 4.69) is 0 Å². The summed E-state index contributed by atoms with van der Waals surface area (Å²) in [6.07, 6.45) is 2.34. The van der Waals surface area contributed by atoms with E-state index in [0.29, 0.717) is 6.54 Å². The number of benzene rings is 3. The number of hydrogen-bond acceptors (Lipinski definition) is 2. The Morgan fingerprint density at radius 2 is 1.70 bits per heavy atom. The maximum absolute atomic E-state index is 13.6. The molecule has 3 aromatic carbocycles. The van der Waals surface area contributed by atoms with Crippen LogP contribution in [0.1, 0.15) is 11.1 Å². The lowest BCUT2D eigenvalue weighted by molar-refractivity contribution is -0.125. The monoisotopic (exact) mass is 367 g/mol. The van der Waals surface area contributed by atoms with Gasteiger partial charge in [0.2, 0.25) is 5.91 Å². The molecule has 0 spiro atoms. The van der Waals surface area contributed by atoms with Crippen LogP contribution < -0.4 is 4.74 Å². The zero-order valence-electron chi connectivity index (χ0n) is 15.1. The van der Waals surface area contributed by atoms with E-state index in [1.165, 1.54) is 17.0 Å². The minimum Gasteiger partial charge on any atom is -0.497 e. The molecule has 0 bridgehead atoms. The van der Waals surface area contributed by atoms with E-state index in [4.69, 9.17) is 4.74 Å². The minimum atomic E-state index is -0.702. The van der Waals surface area contributed by atoms with E-state index in [-0.39, 0.29) is 11.5 Å². The second kappa shape index (κ2) is 7.99. The standard InChI is InChI=1S/C22H19F2NO2/c1-25(22(26)11-10-19-20(23)4-3-5-21(19)24)14-15-6-7-17-13-18(27-2)9-8-16(17)12-15/h3-13H,14H2,1-2H3/b11-10+. The van der Waals surface area contributed by atoms with Crippen LogP contribution in [0.2, 0.25) is 0 Å². The van der Waals surface area contributed by atoms with E-state index >= 15 is 0 Å². The number of likely N-dealkylation sites (N-methyl/N-ethyl adjacent to an activating group) is 1. The molecule has 138 valence electrons. The molecule has 0 radical (unpaired) electrons. The maximum atomic E-state index is 13.6. The Balaban J connectivity index is 1.72. The summed E-state index contributed by atoms with van der Waals surface area (Å²) in [5, 5.41) is 2.08. The summed E-state index contributed by atoms with van der Waals surface area (Å²) in [4.78, 5) is 13.8. The molecule has 5 heteroatoms. The topological polar surface area (TPSA) is 29.5 Å². The Kier molecular flexibility index (Phi) is 5.50. The fourth-order valence-corrected chi connectivity index (χ4v) is 2.80. The van der Waals surface area contributed by atoms with Gasteiger partial charge in [-0.15, -0.1) is 0 Å². The van der Waals surface area contributed by atoms with Crippen molar-refractivity contribution in [3.05, 3.63) is 83.4 Å². The molecule has 0 saturated carbocycles. The molecule has 3 nitrogen and oxygen atoms in total. The van der Waals surface area contributed by atoms with E-state index < -0.39 is 11.6 Å². The highest BCUT2D eigenvalue weighted by molar-refractivity contribution is 5.91. The van der Waals surface area contributed by atoms with Crippen LogP contribution in [0.5, 0.6) is 5.75 Å². The molecule has 0 N–H and O–H groups in total. The molecule has 3 aromatic rings. The number of halogens is 2. The van der Waals surface area contributed by atoms with Gasteiger partial charge in [0.1, 0.15) is 17.4 Å². The normalized spacial score (nSPS) is 11.1. The van der Waals surface area contributed by atoms with Gasteiger partial charge in [-0.05, 0) is 52.7 Å². The summed E-state index contributed by atoms with van der Waals surface area (Å²) >= 11 is 0. The summed E-state index contributed by atoms with van der Waals surface area (Å²) in [7, 11) is 3.26. The van der Waals surface area contributed by atoms with Crippen molar-refractivity contribution in [2.45, 2.75) is 6.54 Å². The van der Waals surface area contributed by atoms with E-state index in [9.17, 15) is 13.6 Å². The summed E-state index contributed by atoms with van der Waals surface area (Å²) in [5.74, 6) is -0.959. The zero-order chi connectivity index (χ0) is 19.4. The molecule has 1 amide bonds. The quantitative estimate of drug-likeness (QED) is 0.607. The SMILES string of the molecule is COc1ccc2cc(CN(C)C(=O)/C=C/c3c(F)cccc3F)ccc2c1. The molecule has 0 unspecified atom stereocenters. The lowest BCUT2D eigenvalue weighted by Crippen LogP contribution is -2.24. The summed E-state index contributed by atoms with van der Waals surface area (Å²) < 4.78 is 32.5. The Labute approximate surface area is 156 Å². The number of fused-ring (bicyclic) bond motifs is 1. The highest BCUT2D eigenvalue weighted by Gasteiger charge is 2.09. The average Bonchev–Trinajstić information content (AvgIpc) is 2.66.